The van der Waals surface area contributed by atoms with Crippen LogP contribution < -0.4 is 10.6 Å². The predicted molar refractivity (Wildman–Crippen MR) is 54.4 cm³/mol. The topological polar surface area (TPSA) is 81.6 Å². The molecule has 1 unspecified atom stereocenters. The van der Waals surface area contributed by atoms with E-state index in [0.29, 0.717) is 0 Å². The Balaban J connectivity index is 3.14. The van der Waals surface area contributed by atoms with E-state index in [1.54, 1.807) is 0 Å². The minimum absolute atomic E-state index is 0.0159. The van der Waals surface area contributed by atoms with Crippen LogP contribution in [0.1, 0.15) is 26.2 Å². The van der Waals surface area contributed by atoms with Gasteiger partial charge in [0.2, 0.25) is 0 Å². The molecule has 0 aliphatic heterocycles. The summed E-state index contributed by atoms with van der Waals surface area (Å²) in [5.74, 6) is 0. The van der Waals surface area contributed by atoms with E-state index in [4.69, 9.17) is 10.2 Å². The summed E-state index contributed by atoms with van der Waals surface area (Å²) in [7, 11) is 0. The second kappa shape index (κ2) is 8.77. The van der Waals surface area contributed by atoms with Crippen molar-refractivity contribution in [1.29, 1.82) is 0 Å². The number of unbranched alkanes of at least 4 members (excludes halogenated alkanes) is 1. The first-order valence-electron chi connectivity index (χ1n) is 4.98. The number of rotatable bonds is 8. The summed E-state index contributed by atoms with van der Waals surface area (Å²) < 4.78 is 0. The second-order valence-corrected chi connectivity index (χ2v) is 3.32. The molecule has 14 heavy (non-hydrogen) atoms. The highest BCUT2D eigenvalue weighted by Crippen LogP contribution is 1.89. The third-order valence-corrected chi connectivity index (χ3v) is 1.89. The van der Waals surface area contributed by atoms with Gasteiger partial charge in [0.05, 0.1) is 0 Å². The molecule has 5 nitrogen and oxygen atoms in total. The fraction of sp³-hybridized carbons (Fsp3) is 0.889. The van der Waals surface area contributed by atoms with E-state index < -0.39 is 6.09 Å². The fourth-order valence-corrected chi connectivity index (χ4v) is 1.09. The maximum Gasteiger partial charge on any atom is 0.404 e. The number of aliphatic hydroxyl groups is 1. The van der Waals surface area contributed by atoms with Crippen LogP contribution in [0.15, 0.2) is 0 Å². The fourth-order valence-electron chi connectivity index (χ4n) is 1.09. The smallest absolute Gasteiger partial charge is 0.404 e. The lowest BCUT2D eigenvalue weighted by Crippen LogP contribution is -2.33. The van der Waals surface area contributed by atoms with E-state index in [-0.39, 0.29) is 12.6 Å². The van der Waals surface area contributed by atoms with Crippen LogP contribution in [0.4, 0.5) is 4.79 Å². The highest BCUT2D eigenvalue weighted by atomic mass is 16.4. The lowest BCUT2D eigenvalue weighted by atomic mass is 10.2. The molecule has 84 valence electrons. The lowest BCUT2D eigenvalue weighted by Gasteiger charge is -2.11. The Kier molecular flexibility index (Phi) is 8.27. The van der Waals surface area contributed by atoms with E-state index >= 15 is 0 Å². The predicted octanol–water partition coefficient (Wildman–Crippen LogP) is 0.395. The molecule has 0 bridgehead atoms. The monoisotopic (exact) mass is 204 g/mol. The van der Waals surface area contributed by atoms with Gasteiger partial charge in [-0.15, -0.1) is 0 Å². The van der Waals surface area contributed by atoms with Gasteiger partial charge in [-0.1, -0.05) is 0 Å². The van der Waals surface area contributed by atoms with Crippen molar-refractivity contribution in [3.63, 3.8) is 0 Å². The molecule has 0 saturated carbocycles. The van der Waals surface area contributed by atoms with Crippen LogP contribution in [0, 0.1) is 0 Å². The summed E-state index contributed by atoms with van der Waals surface area (Å²) in [6.45, 7) is 3.75. The Hall–Kier alpha value is -0.810. The number of hydrogen-bond donors (Lipinski definition) is 4. The van der Waals surface area contributed by atoms with Crippen molar-refractivity contribution >= 4 is 6.09 Å². The van der Waals surface area contributed by atoms with Crippen LogP contribution in [0.25, 0.3) is 0 Å². The first kappa shape index (κ1) is 13.2. The maximum absolute atomic E-state index is 10.2. The van der Waals surface area contributed by atoms with Crippen molar-refractivity contribution in [3.05, 3.63) is 0 Å². The number of hydrogen-bond acceptors (Lipinski definition) is 3. The number of amides is 1. The van der Waals surface area contributed by atoms with Gasteiger partial charge >= 0.3 is 6.09 Å². The largest absolute Gasteiger partial charge is 0.465 e. The number of carboxylic acid groups (broad SMARTS) is 1. The van der Waals surface area contributed by atoms with Crippen molar-refractivity contribution < 1.29 is 15.0 Å². The van der Waals surface area contributed by atoms with E-state index in [0.717, 1.165) is 32.4 Å². The molecule has 0 heterocycles. The van der Waals surface area contributed by atoms with Crippen molar-refractivity contribution in [2.24, 2.45) is 0 Å². The molecule has 0 aliphatic rings. The van der Waals surface area contributed by atoms with Gasteiger partial charge in [-0.25, -0.2) is 4.79 Å². The van der Waals surface area contributed by atoms with Crippen LogP contribution in [-0.2, 0) is 0 Å². The van der Waals surface area contributed by atoms with Gasteiger partial charge in [0.1, 0.15) is 0 Å². The van der Waals surface area contributed by atoms with Crippen LogP contribution in [-0.4, -0.2) is 42.0 Å². The van der Waals surface area contributed by atoms with E-state index in [1.165, 1.54) is 0 Å². The number of carbonyl (C=O) groups is 1. The van der Waals surface area contributed by atoms with E-state index in [9.17, 15) is 4.79 Å². The zero-order valence-corrected chi connectivity index (χ0v) is 8.62. The van der Waals surface area contributed by atoms with Crippen molar-refractivity contribution in [1.82, 2.24) is 10.6 Å². The molecule has 0 aromatic rings. The zero-order chi connectivity index (χ0) is 10.8. The average Bonchev–Trinajstić information content (AvgIpc) is 2.10. The molecule has 0 aromatic carbocycles. The lowest BCUT2D eigenvalue weighted by molar-refractivity contribution is 0.190. The van der Waals surface area contributed by atoms with Crippen LogP contribution >= 0.6 is 0 Å². The molecule has 0 spiro atoms. The molecule has 5 heteroatoms. The maximum atomic E-state index is 10.2. The van der Waals surface area contributed by atoms with Gasteiger partial charge in [0, 0.05) is 12.6 Å². The van der Waals surface area contributed by atoms with Gasteiger partial charge in [-0.3, -0.25) is 0 Å². The summed E-state index contributed by atoms with van der Waals surface area (Å²) in [5, 5.41) is 22.5. The molecule has 0 saturated heterocycles. The third kappa shape index (κ3) is 9.28. The Labute approximate surface area is 84.5 Å². The molecular formula is C9H20N2O3. The number of nitrogens with one attached hydrogen (secondary N) is 2. The minimum atomic E-state index is -0.974. The van der Waals surface area contributed by atoms with Crippen molar-refractivity contribution in [2.75, 3.05) is 19.7 Å². The van der Waals surface area contributed by atoms with Crippen LogP contribution in [0.3, 0.4) is 0 Å². The summed E-state index contributed by atoms with van der Waals surface area (Å²) in [6, 6.07) is -0.0159. The van der Waals surface area contributed by atoms with Crippen LogP contribution in [0.5, 0.6) is 0 Å². The second-order valence-electron chi connectivity index (χ2n) is 3.32. The Morgan fingerprint density at radius 1 is 1.36 bits per heavy atom. The van der Waals surface area contributed by atoms with E-state index in [1.807, 2.05) is 6.92 Å². The SMILES string of the molecule is CC(CCNCCCCO)NC(=O)O. The summed E-state index contributed by atoms with van der Waals surface area (Å²) in [4.78, 5) is 10.2. The molecular weight excluding hydrogens is 184 g/mol. The molecule has 0 rings (SSSR count). The molecule has 0 radical (unpaired) electrons. The zero-order valence-electron chi connectivity index (χ0n) is 8.62. The number of aliphatic hydroxyl groups excluding tert-OH is 1. The Morgan fingerprint density at radius 2 is 2.07 bits per heavy atom. The van der Waals surface area contributed by atoms with Gasteiger partial charge in [-0.05, 0) is 39.3 Å². The Morgan fingerprint density at radius 3 is 2.64 bits per heavy atom. The summed E-state index contributed by atoms with van der Waals surface area (Å²) in [5.41, 5.74) is 0. The van der Waals surface area contributed by atoms with E-state index in [2.05, 4.69) is 10.6 Å². The third-order valence-electron chi connectivity index (χ3n) is 1.89. The first-order chi connectivity index (χ1) is 6.66. The first-order valence-corrected chi connectivity index (χ1v) is 4.98. The van der Waals surface area contributed by atoms with Gasteiger partial charge in [-0.2, -0.15) is 0 Å². The van der Waals surface area contributed by atoms with Gasteiger partial charge in [0.25, 0.3) is 0 Å². The van der Waals surface area contributed by atoms with Gasteiger partial charge < -0.3 is 20.8 Å². The molecule has 0 aliphatic carbocycles. The summed E-state index contributed by atoms with van der Waals surface area (Å²) in [6.07, 6.45) is 1.58. The molecule has 1 atom stereocenters. The van der Waals surface area contributed by atoms with Crippen molar-refractivity contribution in [3.8, 4) is 0 Å². The average molecular weight is 204 g/mol. The summed E-state index contributed by atoms with van der Waals surface area (Å²) >= 11 is 0. The van der Waals surface area contributed by atoms with Crippen molar-refractivity contribution in [2.45, 2.75) is 32.2 Å². The highest BCUT2D eigenvalue weighted by molar-refractivity contribution is 5.64. The Bertz CT molecular complexity index is 153. The molecule has 0 fully saturated rings. The quantitative estimate of drug-likeness (QED) is 0.431. The standard InChI is InChI=1S/C9H20N2O3/c1-8(11-9(13)14)4-6-10-5-2-3-7-12/h8,10-12H,2-7H2,1H3,(H,13,14). The van der Waals surface area contributed by atoms with Gasteiger partial charge in [0.15, 0.2) is 0 Å². The molecule has 0 aromatic heterocycles. The van der Waals surface area contributed by atoms with Crippen LogP contribution in [0.2, 0.25) is 0 Å². The normalized spacial score (nSPS) is 12.4. The molecule has 1 amide bonds. The highest BCUT2D eigenvalue weighted by Gasteiger charge is 2.03. The molecule has 4 N–H and O–H groups in total. The minimum Gasteiger partial charge on any atom is -0.465 e.